The number of carbonyl (C=O) groups excluding carboxylic acids is 3. The number of nitrogens with zero attached hydrogens (tertiary/aromatic N) is 1. The summed E-state index contributed by atoms with van der Waals surface area (Å²) < 4.78 is 5.09. The first-order chi connectivity index (χ1) is 12.9. The Hall–Kier alpha value is -2.31. The Balaban J connectivity index is 2.10. The summed E-state index contributed by atoms with van der Waals surface area (Å²) >= 11 is 0. The third kappa shape index (κ3) is 4.90. The number of rotatable bonds is 7. The highest BCUT2D eigenvalue weighted by Gasteiger charge is 2.31. The quantitative estimate of drug-likeness (QED) is 0.564. The first-order valence-corrected chi connectivity index (χ1v) is 9.83. The molecule has 150 valence electrons. The van der Waals surface area contributed by atoms with Crippen LogP contribution in [-0.2, 0) is 9.53 Å². The van der Waals surface area contributed by atoms with E-state index in [0.29, 0.717) is 42.1 Å². The molecule has 2 amide bonds. The van der Waals surface area contributed by atoms with Crippen LogP contribution in [0.3, 0.4) is 0 Å². The van der Waals surface area contributed by atoms with E-state index in [0.717, 1.165) is 25.7 Å². The number of H-pyrrole nitrogens is 1. The number of aromatic nitrogens is 1. The van der Waals surface area contributed by atoms with Crippen LogP contribution in [0, 0.1) is 19.8 Å². The second-order valence-corrected chi connectivity index (χ2v) is 7.08. The van der Waals surface area contributed by atoms with Crippen LogP contribution in [-0.4, -0.2) is 53.9 Å². The van der Waals surface area contributed by atoms with Crippen molar-refractivity contribution < 1.29 is 19.1 Å². The molecule has 1 aromatic rings. The molecule has 1 fully saturated rings. The van der Waals surface area contributed by atoms with Crippen LogP contribution >= 0.6 is 0 Å². The molecule has 0 saturated carbocycles. The number of aryl methyl sites for hydroxylation is 1. The standard InChI is InChI=1S/C20H31N3O4/c1-5-7-10-21-18(24)15-9-8-11-23(12-15)19(25)17-13(3)16(14(4)22-17)20(26)27-6-2/h15,22H,5-12H2,1-4H3,(H,21,24). The van der Waals surface area contributed by atoms with Gasteiger partial charge in [0, 0.05) is 25.3 Å². The van der Waals surface area contributed by atoms with Crippen LogP contribution in [0.2, 0.25) is 0 Å². The van der Waals surface area contributed by atoms with Crippen LogP contribution in [0.4, 0.5) is 0 Å². The molecule has 0 radical (unpaired) electrons. The summed E-state index contributed by atoms with van der Waals surface area (Å²) in [7, 11) is 0. The average molecular weight is 377 g/mol. The van der Waals surface area contributed by atoms with E-state index in [9.17, 15) is 14.4 Å². The molecule has 1 aromatic heterocycles. The SMILES string of the molecule is CCCCNC(=O)C1CCCN(C(=O)c2[nH]c(C)c(C(=O)OCC)c2C)C1. The Kier molecular flexibility index (Phi) is 7.45. The van der Waals surface area contributed by atoms with Crippen molar-refractivity contribution in [1.82, 2.24) is 15.2 Å². The second-order valence-electron chi connectivity index (χ2n) is 7.08. The molecule has 1 atom stereocenters. The van der Waals surface area contributed by atoms with E-state index in [-0.39, 0.29) is 24.3 Å². The Bertz CT molecular complexity index is 696. The van der Waals surface area contributed by atoms with Gasteiger partial charge in [-0.15, -0.1) is 0 Å². The lowest BCUT2D eigenvalue weighted by molar-refractivity contribution is -0.126. The van der Waals surface area contributed by atoms with Gasteiger partial charge in [-0.3, -0.25) is 9.59 Å². The minimum absolute atomic E-state index is 0.0209. The second kappa shape index (κ2) is 9.58. The molecule has 0 spiro atoms. The van der Waals surface area contributed by atoms with Gasteiger partial charge < -0.3 is 19.9 Å². The van der Waals surface area contributed by atoms with Crippen LogP contribution in [0.1, 0.15) is 71.6 Å². The van der Waals surface area contributed by atoms with E-state index in [1.807, 2.05) is 0 Å². The molecule has 1 unspecified atom stereocenters. The molecule has 1 aliphatic heterocycles. The number of piperidine rings is 1. The lowest BCUT2D eigenvalue weighted by Crippen LogP contribution is -2.45. The molecule has 1 aliphatic rings. The maximum atomic E-state index is 13.0. The van der Waals surface area contributed by atoms with Crippen molar-refractivity contribution in [3.05, 3.63) is 22.5 Å². The fraction of sp³-hybridized carbons (Fsp3) is 0.650. The number of carbonyl (C=O) groups is 3. The predicted octanol–water partition coefficient (Wildman–Crippen LogP) is 2.58. The first-order valence-electron chi connectivity index (χ1n) is 9.83. The van der Waals surface area contributed by atoms with Gasteiger partial charge in [-0.1, -0.05) is 13.3 Å². The van der Waals surface area contributed by atoms with E-state index >= 15 is 0 Å². The predicted molar refractivity (Wildman–Crippen MR) is 103 cm³/mol. The first kappa shape index (κ1) is 21.0. The van der Waals surface area contributed by atoms with Gasteiger partial charge in [0.25, 0.3) is 5.91 Å². The molecular weight excluding hydrogens is 346 g/mol. The van der Waals surface area contributed by atoms with Gasteiger partial charge >= 0.3 is 5.97 Å². The van der Waals surface area contributed by atoms with E-state index in [2.05, 4.69) is 17.2 Å². The number of amides is 2. The van der Waals surface area contributed by atoms with Crippen molar-refractivity contribution in [3.8, 4) is 0 Å². The lowest BCUT2D eigenvalue weighted by atomic mass is 9.96. The van der Waals surface area contributed by atoms with Gasteiger partial charge in [-0.05, 0) is 45.6 Å². The summed E-state index contributed by atoms with van der Waals surface area (Å²) in [6.45, 7) is 9.33. The van der Waals surface area contributed by atoms with Gasteiger partial charge in [0.05, 0.1) is 18.1 Å². The lowest BCUT2D eigenvalue weighted by Gasteiger charge is -2.32. The Morgan fingerprint density at radius 2 is 2.00 bits per heavy atom. The Labute approximate surface area is 160 Å². The zero-order chi connectivity index (χ0) is 20.0. The van der Waals surface area contributed by atoms with Crippen LogP contribution < -0.4 is 5.32 Å². The Morgan fingerprint density at radius 3 is 2.67 bits per heavy atom. The topological polar surface area (TPSA) is 91.5 Å². The normalized spacial score (nSPS) is 16.9. The molecule has 0 bridgehead atoms. The highest BCUT2D eigenvalue weighted by atomic mass is 16.5. The van der Waals surface area contributed by atoms with E-state index in [1.165, 1.54) is 0 Å². The number of likely N-dealkylation sites (tertiary alicyclic amines) is 1. The summed E-state index contributed by atoms with van der Waals surface area (Å²) in [5.41, 5.74) is 2.05. The van der Waals surface area contributed by atoms with Gasteiger partial charge in [0.1, 0.15) is 5.69 Å². The molecule has 7 heteroatoms. The summed E-state index contributed by atoms with van der Waals surface area (Å²) in [4.78, 5) is 42.2. The number of ether oxygens (including phenoxy) is 1. The number of aromatic amines is 1. The monoisotopic (exact) mass is 377 g/mol. The van der Waals surface area contributed by atoms with Crippen molar-refractivity contribution in [2.75, 3.05) is 26.2 Å². The zero-order valence-electron chi connectivity index (χ0n) is 16.8. The van der Waals surface area contributed by atoms with Gasteiger partial charge in [0.2, 0.25) is 5.91 Å². The zero-order valence-corrected chi connectivity index (χ0v) is 16.8. The maximum absolute atomic E-state index is 13.0. The molecule has 2 N–H and O–H groups in total. The van der Waals surface area contributed by atoms with Crippen LogP contribution in [0.15, 0.2) is 0 Å². The summed E-state index contributed by atoms with van der Waals surface area (Å²) in [6.07, 6.45) is 3.57. The molecule has 0 aromatic carbocycles. The van der Waals surface area contributed by atoms with E-state index in [1.54, 1.807) is 25.7 Å². The molecule has 27 heavy (non-hydrogen) atoms. The van der Waals surface area contributed by atoms with Crippen molar-refractivity contribution >= 4 is 17.8 Å². The largest absolute Gasteiger partial charge is 0.462 e. The molecule has 2 rings (SSSR count). The highest BCUT2D eigenvalue weighted by molar-refractivity contribution is 6.00. The van der Waals surface area contributed by atoms with Gasteiger partial charge in [0.15, 0.2) is 0 Å². The number of nitrogens with one attached hydrogen (secondary N) is 2. The smallest absolute Gasteiger partial charge is 0.340 e. The minimum atomic E-state index is -0.422. The van der Waals surface area contributed by atoms with Crippen LogP contribution in [0.25, 0.3) is 0 Å². The van der Waals surface area contributed by atoms with Crippen molar-refractivity contribution in [2.24, 2.45) is 5.92 Å². The molecule has 2 heterocycles. The van der Waals surface area contributed by atoms with Crippen LogP contribution in [0.5, 0.6) is 0 Å². The molecule has 1 saturated heterocycles. The maximum Gasteiger partial charge on any atom is 0.340 e. The summed E-state index contributed by atoms with van der Waals surface area (Å²) in [6, 6.07) is 0. The number of hydrogen-bond donors (Lipinski definition) is 2. The van der Waals surface area contributed by atoms with E-state index < -0.39 is 5.97 Å². The fourth-order valence-corrected chi connectivity index (χ4v) is 3.54. The Morgan fingerprint density at radius 1 is 1.26 bits per heavy atom. The third-order valence-electron chi connectivity index (χ3n) is 5.04. The third-order valence-corrected chi connectivity index (χ3v) is 5.04. The molecule has 0 aliphatic carbocycles. The highest BCUT2D eigenvalue weighted by Crippen LogP contribution is 2.23. The number of esters is 1. The minimum Gasteiger partial charge on any atom is -0.462 e. The fourth-order valence-electron chi connectivity index (χ4n) is 3.54. The number of unbranched alkanes of at least 4 members (excludes halogenated alkanes) is 1. The van der Waals surface area contributed by atoms with Gasteiger partial charge in [-0.25, -0.2) is 4.79 Å². The number of hydrogen-bond acceptors (Lipinski definition) is 4. The summed E-state index contributed by atoms with van der Waals surface area (Å²) in [5, 5.41) is 2.96. The van der Waals surface area contributed by atoms with Crippen molar-refractivity contribution in [3.63, 3.8) is 0 Å². The average Bonchev–Trinajstić information content (AvgIpc) is 2.95. The molecule has 7 nitrogen and oxygen atoms in total. The molecular formula is C20H31N3O4. The van der Waals surface area contributed by atoms with Crippen molar-refractivity contribution in [2.45, 2.75) is 53.4 Å². The summed E-state index contributed by atoms with van der Waals surface area (Å²) in [5.74, 6) is -0.750. The van der Waals surface area contributed by atoms with Gasteiger partial charge in [-0.2, -0.15) is 0 Å². The van der Waals surface area contributed by atoms with Crippen molar-refractivity contribution in [1.29, 1.82) is 0 Å². The van der Waals surface area contributed by atoms with E-state index in [4.69, 9.17) is 4.74 Å².